The van der Waals surface area contributed by atoms with Gasteiger partial charge in [-0.15, -0.1) is 10.2 Å². The number of benzene rings is 1. The quantitative estimate of drug-likeness (QED) is 0.431. The van der Waals surface area contributed by atoms with Gasteiger partial charge in [0, 0.05) is 51.4 Å². The van der Waals surface area contributed by atoms with Crippen LogP contribution in [0.2, 0.25) is 5.02 Å². The van der Waals surface area contributed by atoms with E-state index in [2.05, 4.69) is 30.2 Å². The molecule has 0 spiro atoms. The van der Waals surface area contributed by atoms with Crippen LogP contribution in [-0.4, -0.2) is 95.1 Å². The number of likely N-dealkylation sites (tertiary alicyclic amines) is 1. The molecule has 3 fully saturated rings. The Morgan fingerprint density at radius 1 is 0.955 bits per heavy atom. The van der Waals surface area contributed by atoms with Gasteiger partial charge in [-0.3, -0.25) is 9.69 Å². The second kappa shape index (κ2) is 14.0. The van der Waals surface area contributed by atoms with Gasteiger partial charge in [0.05, 0.1) is 17.7 Å². The van der Waals surface area contributed by atoms with Crippen LogP contribution in [0.25, 0.3) is 4.85 Å². The standard InChI is InChI=1S/C32H42ClN7O4/c1-32(2,3)44-31(42)40-15-13-23(14-16-40)38-17-19-39(20-18-38)29-12-11-28(36-37-29)30(41)35-22-5-7-24(8-6-22)43-25-9-10-27(34-4)26(33)21-25/h9-12,21-24H,5-8,13-20H2,1-3H3,(H,35,41). The molecule has 3 heterocycles. The molecule has 2 amide bonds. The van der Waals surface area contributed by atoms with Crippen LogP contribution in [0.4, 0.5) is 16.3 Å². The third-order valence-electron chi connectivity index (χ3n) is 8.51. The van der Waals surface area contributed by atoms with E-state index < -0.39 is 5.60 Å². The van der Waals surface area contributed by atoms with Crippen molar-refractivity contribution in [3.63, 3.8) is 0 Å². The first kappa shape index (κ1) is 31.8. The molecule has 2 aromatic rings. The molecule has 1 aromatic carbocycles. The summed E-state index contributed by atoms with van der Waals surface area (Å²) in [6, 6.07) is 9.28. The number of hydrogen-bond donors (Lipinski definition) is 1. The van der Waals surface area contributed by atoms with Crippen molar-refractivity contribution in [3.05, 3.63) is 52.5 Å². The number of hydrogen-bond acceptors (Lipinski definition) is 8. The molecule has 0 radical (unpaired) electrons. The zero-order chi connectivity index (χ0) is 31.3. The van der Waals surface area contributed by atoms with E-state index in [0.717, 1.165) is 83.6 Å². The molecule has 0 atom stereocenters. The van der Waals surface area contributed by atoms with Gasteiger partial charge in [-0.25, -0.2) is 9.64 Å². The van der Waals surface area contributed by atoms with Crippen molar-refractivity contribution in [1.29, 1.82) is 0 Å². The van der Waals surface area contributed by atoms with Crippen molar-refractivity contribution >= 4 is 35.1 Å². The highest BCUT2D eigenvalue weighted by Gasteiger charge is 2.31. The lowest BCUT2D eigenvalue weighted by atomic mass is 9.93. The summed E-state index contributed by atoms with van der Waals surface area (Å²) in [6.45, 7) is 17.8. The maximum Gasteiger partial charge on any atom is 0.410 e. The number of piperazine rings is 1. The molecule has 5 rings (SSSR count). The molecule has 236 valence electrons. The third-order valence-corrected chi connectivity index (χ3v) is 8.81. The minimum absolute atomic E-state index is 0.0441. The van der Waals surface area contributed by atoms with Gasteiger partial charge >= 0.3 is 6.09 Å². The largest absolute Gasteiger partial charge is 0.490 e. The first-order chi connectivity index (χ1) is 21.1. The highest BCUT2D eigenvalue weighted by atomic mass is 35.5. The highest BCUT2D eigenvalue weighted by Crippen LogP contribution is 2.31. The summed E-state index contributed by atoms with van der Waals surface area (Å²) < 4.78 is 11.6. The monoisotopic (exact) mass is 623 g/mol. The molecule has 0 bridgehead atoms. The molecule has 1 aromatic heterocycles. The number of anilines is 1. The molecule has 2 aliphatic heterocycles. The molecule has 1 N–H and O–H groups in total. The minimum atomic E-state index is -0.475. The number of rotatable bonds is 6. The summed E-state index contributed by atoms with van der Waals surface area (Å²) in [4.78, 5) is 35.2. The SMILES string of the molecule is [C-]#[N+]c1ccc(OC2CCC(NC(=O)c3ccc(N4CCN(C5CCN(C(=O)OC(C)(C)C)CC5)CC4)nn3)CC2)cc1Cl. The Kier molecular flexibility index (Phi) is 10.1. The Hall–Kier alpha value is -3.62. The summed E-state index contributed by atoms with van der Waals surface area (Å²) >= 11 is 6.13. The molecule has 0 unspecified atom stereocenters. The zero-order valence-corrected chi connectivity index (χ0v) is 26.6. The normalized spacial score (nSPS) is 21.8. The maximum absolute atomic E-state index is 12.9. The average molecular weight is 624 g/mol. The molecule has 11 nitrogen and oxygen atoms in total. The van der Waals surface area contributed by atoms with E-state index in [1.54, 1.807) is 24.3 Å². The summed E-state index contributed by atoms with van der Waals surface area (Å²) in [6.07, 6.45) is 4.96. The zero-order valence-electron chi connectivity index (χ0n) is 25.8. The lowest BCUT2D eigenvalue weighted by Crippen LogP contribution is -2.54. The Balaban J connectivity index is 1.02. The van der Waals surface area contributed by atoms with Crippen LogP contribution in [0.3, 0.4) is 0 Å². The number of nitrogens with zero attached hydrogens (tertiary/aromatic N) is 6. The maximum atomic E-state index is 12.9. The van der Waals surface area contributed by atoms with E-state index in [9.17, 15) is 9.59 Å². The molecule has 12 heteroatoms. The van der Waals surface area contributed by atoms with Gasteiger partial charge in [0.2, 0.25) is 5.69 Å². The lowest BCUT2D eigenvalue weighted by Gasteiger charge is -2.43. The molecule has 1 saturated carbocycles. The van der Waals surface area contributed by atoms with Gasteiger partial charge in [0.15, 0.2) is 11.5 Å². The van der Waals surface area contributed by atoms with Crippen LogP contribution >= 0.6 is 11.6 Å². The average Bonchev–Trinajstić information content (AvgIpc) is 3.01. The second-order valence-electron chi connectivity index (χ2n) is 12.8. The first-order valence-corrected chi connectivity index (χ1v) is 15.9. The van der Waals surface area contributed by atoms with Crippen molar-refractivity contribution < 1.29 is 19.1 Å². The van der Waals surface area contributed by atoms with Gasteiger partial charge in [-0.1, -0.05) is 17.7 Å². The number of nitrogens with one attached hydrogen (secondary N) is 1. The topological polar surface area (TPSA) is 104 Å². The van der Waals surface area contributed by atoms with E-state index in [1.807, 2.05) is 31.7 Å². The van der Waals surface area contributed by atoms with E-state index in [-0.39, 0.29) is 24.1 Å². The van der Waals surface area contributed by atoms with Crippen molar-refractivity contribution in [3.8, 4) is 5.75 Å². The van der Waals surface area contributed by atoms with Crippen molar-refractivity contribution in [1.82, 2.24) is 25.3 Å². The van der Waals surface area contributed by atoms with Crippen molar-refractivity contribution in [2.24, 2.45) is 0 Å². The van der Waals surface area contributed by atoms with Crippen LogP contribution < -0.4 is 15.0 Å². The first-order valence-electron chi connectivity index (χ1n) is 15.5. The minimum Gasteiger partial charge on any atom is -0.490 e. The summed E-state index contributed by atoms with van der Waals surface area (Å²) in [5.41, 5.74) is 0.253. The van der Waals surface area contributed by atoms with Gasteiger partial charge < -0.3 is 24.6 Å². The molecule has 3 aliphatic rings. The number of ether oxygens (including phenoxy) is 2. The van der Waals surface area contributed by atoms with E-state index >= 15 is 0 Å². The predicted molar refractivity (Wildman–Crippen MR) is 168 cm³/mol. The number of carbonyl (C=O) groups excluding carboxylic acids is 2. The number of carbonyl (C=O) groups is 2. The van der Waals surface area contributed by atoms with Crippen LogP contribution in [0.15, 0.2) is 30.3 Å². The second-order valence-corrected chi connectivity index (χ2v) is 13.2. The number of amides is 2. The van der Waals surface area contributed by atoms with Gasteiger partial charge in [0.25, 0.3) is 5.91 Å². The fourth-order valence-corrected chi connectivity index (χ4v) is 6.31. The molecule has 1 aliphatic carbocycles. The Morgan fingerprint density at radius 2 is 1.66 bits per heavy atom. The Morgan fingerprint density at radius 3 is 2.25 bits per heavy atom. The number of halogens is 1. The molecule has 2 saturated heterocycles. The third kappa shape index (κ3) is 8.30. The van der Waals surface area contributed by atoms with Crippen molar-refractivity contribution in [2.75, 3.05) is 44.2 Å². The van der Waals surface area contributed by atoms with E-state index in [1.165, 1.54) is 0 Å². The number of aromatic nitrogens is 2. The van der Waals surface area contributed by atoms with Gasteiger partial charge in [0.1, 0.15) is 11.4 Å². The van der Waals surface area contributed by atoms with Crippen LogP contribution in [0, 0.1) is 6.57 Å². The fourth-order valence-electron chi connectivity index (χ4n) is 6.10. The predicted octanol–water partition coefficient (Wildman–Crippen LogP) is 5.32. The lowest BCUT2D eigenvalue weighted by molar-refractivity contribution is 0.0139. The summed E-state index contributed by atoms with van der Waals surface area (Å²) in [5.74, 6) is 1.23. The molecular weight excluding hydrogens is 582 g/mol. The van der Waals surface area contributed by atoms with E-state index in [0.29, 0.717) is 28.2 Å². The van der Waals surface area contributed by atoms with Crippen molar-refractivity contribution in [2.45, 2.75) is 83.1 Å². The Labute approximate surface area is 264 Å². The van der Waals surface area contributed by atoms with Crippen LogP contribution in [-0.2, 0) is 4.74 Å². The molecular formula is C32H42ClN7O4. The molecule has 44 heavy (non-hydrogen) atoms. The summed E-state index contributed by atoms with van der Waals surface area (Å²) in [5, 5.41) is 12.1. The number of piperidine rings is 1. The smallest absolute Gasteiger partial charge is 0.410 e. The van der Waals surface area contributed by atoms with Crippen LogP contribution in [0.5, 0.6) is 5.75 Å². The fraction of sp³-hybridized carbons (Fsp3) is 0.594. The van der Waals surface area contributed by atoms with Gasteiger partial charge in [-0.2, -0.15) is 0 Å². The Bertz CT molecular complexity index is 1340. The summed E-state index contributed by atoms with van der Waals surface area (Å²) in [7, 11) is 0. The van der Waals surface area contributed by atoms with Crippen LogP contribution in [0.1, 0.15) is 69.8 Å². The highest BCUT2D eigenvalue weighted by molar-refractivity contribution is 6.33. The van der Waals surface area contributed by atoms with Gasteiger partial charge in [-0.05, 0) is 83.6 Å². The van der Waals surface area contributed by atoms with E-state index in [4.69, 9.17) is 27.6 Å².